The van der Waals surface area contributed by atoms with Crippen molar-refractivity contribution in [1.82, 2.24) is 20.0 Å². The van der Waals surface area contributed by atoms with Crippen LogP contribution in [0.25, 0.3) is 0 Å². The van der Waals surface area contributed by atoms with Crippen LogP contribution in [0, 0.1) is 34.9 Å². The molecule has 264 valence electrons. The summed E-state index contributed by atoms with van der Waals surface area (Å²) in [5.74, 6) is 0.621. The largest absolute Gasteiger partial charge is 0.453 e. The molecule has 3 atom stereocenters. The van der Waals surface area contributed by atoms with E-state index < -0.39 is 6.09 Å². The Bertz CT molecular complexity index is 1510. The third kappa shape index (κ3) is 7.57. The number of benzene rings is 2. The van der Waals surface area contributed by atoms with Crippen LogP contribution in [0.4, 0.5) is 14.9 Å². The number of nitrogens with zero attached hydrogens (tertiary/aromatic N) is 5. The van der Waals surface area contributed by atoms with Gasteiger partial charge in [-0.25, -0.2) is 9.18 Å². The standard InChI is InChI=1S/C38H51FN6O4/c1-42(2)36(46)33-21-32(11-10-28(33)22-40)45-24-27(25-45)23-43-14-12-29(13-15-43)38(26-44-16-18-49-19-17-44,30-6-4-7-31(39)20-30)34-8-5-9-35(34)41-37(47)48-3/h4,6-7,10-11,20-21,27,29,34-35H,5,8-9,12-19,23-26H2,1-3H3,(H,41,47)/t34-,35-,38-/m0/s1. The fourth-order valence-corrected chi connectivity index (χ4v) is 9.09. The number of carbonyl (C=O) groups excluding carboxylic acids is 2. The summed E-state index contributed by atoms with van der Waals surface area (Å²) in [4.78, 5) is 34.1. The highest BCUT2D eigenvalue weighted by atomic mass is 19.1. The highest BCUT2D eigenvalue weighted by Crippen LogP contribution is 2.51. The summed E-state index contributed by atoms with van der Waals surface area (Å²) in [7, 11) is 4.82. The van der Waals surface area contributed by atoms with E-state index in [4.69, 9.17) is 9.47 Å². The van der Waals surface area contributed by atoms with Crippen LogP contribution in [0.2, 0.25) is 0 Å². The predicted molar refractivity (Wildman–Crippen MR) is 186 cm³/mol. The first-order valence-corrected chi connectivity index (χ1v) is 17.9. The van der Waals surface area contributed by atoms with Gasteiger partial charge in [0.15, 0.2) is 0 Å². The second-order valence-electron chi connectivity index (χ2n) is 14.6. The molecule has 0 radical (unpaired) electrons. The molecule has 11 heteroatoms. The minimum Gasteiger partial charge on any atom is -0.453 e. The van der Waals surface area contributed by atoms with Gasteiger partial charge in [-0.3, -0.25) is 9.69 Å². The van der Waals surface area contributed by atoms with E-state index in [9.17, 15) is 14.9 Å². The molecule has 3 saturated heterocycles. The fourth-order valence-electron chi connectivity index (χ4n) is 9.09. The van der Waals surface area contributed by atoms with E-state index in [1.54, 1.807) is 26.2 Å². The number of methoxy groups -OCH3 is 1. The number of carbonyl (C=O) groups is 2. The summed E-state index contributed by atoms with van der Waals surface area (Å²) in [6.45, 7) is 8.68. The van der Waals surface area contributed by atoms with Crippen molar-refractivity contribution in [3.63, 3.8) is 0 Å². The maximum Gasteiger partial charge on any atom is 0.407 e. The minimum atomic E-state index is -0.401. The number of alkyl carbamates (subject to hydrolysis) is 1. The van der Waals surface area contributed by atoms with Crippen molar-refractivity contribution in [2.45, 2.75) is 43.6 Å². The second-order valence-corrected chi connectivity index (χ2v) is 14.6. The molecule has 10 nitrogen and oxygen atoms in total. The van der Waals surface area contributed by atoms with Crippen molar-refractivity contribution in [2.75, 3.05) is 91.7 Å². The van der Waals surface area contributed by atoms with Gasteiger partial charge in [0, 0.05) is 76.4 Å². The molecule has 0 spiro atoms. The lowest BCUT2D eigenvalue weighted by atomic mass is 9.58. The van der Waals surface area contributed by atoms with Crippen molar-refractivity contribution in [3.05, 3.63) is 65.0 Å². The number of rotatable bonds is 10. The summed E-state index contributed by atoms with van der Waals surface area (Å²) < 4.78 is 25.8. The number of ether oxygens (including phenoxy) is 2. The number of likely N-dealkylation sites (tertiary alicyclic amines) is 1. The molecule has 1 N–H and O–H groups in total. The lowest BCUT2D eigenvalue weighted by Crippen LogP contribution is -2.59. The van der Waals surface area contributed by atoms with Gasteiger partial charge in [0.05, 0.1) is 37.5 Å². The van der Waals surface area contributed by atoms with E-state index in [-0.39, 0.29) is 29.1 Å². The maximum absolute atomic E-state index is 15.1. The number of hydrogen-bond acceptors (Lipinski definition) is 8. The predicted octanol–water partition coefficient (Wildman–Crippen LogP) is 4.34. The quantitative estimate of drug-likeness (QED) is 0.398. The van der Waals surface area contributed by atoms with E-state index in [1.807, 2.05) is 18.2 Å². The van der Waals surface area contributed by atoms with Gasteiger partial charge in [-0.2, -0.15) is 5.26 Å². The molecule has 0 aromatic heterocycles. The number of halogens is 1. The number of anilines is 1. The van der Waals surface area contributed by atoms with Crippen LogP contribution in [-0.4, -0.2) is 120 Å². The van der Waals surface area contributed by atoms with Crippen LogP contribution >= 0.6 is 0 Å². The molecule has 2 aromatic rings. The monoisotopic (exact) mass is 674 g/mol. The normalized spacial score (nSPS) is 23.7. The van der Waals surface area contributed by atoms with Gasteiger partial charge in [0.1, 0.15) is 5.82 Å². The van der Waals surface area contributed by atoms with E-state index in [1.165, 1.54) is 18.1 Å². The summed E-state index contributed by atoms with van der Waals surface area (Å²) >= 11 is 0. The Labute approximate surface area is 290 Å². The Hall–Kier alpha value is -3.72. The molecule has 4 fully saturated rings. The molecule has 49 heavy (non-hydrogen) atoms. The number of hydrogen-bond donors (Lipinski definition) is 1. The van der Waals surface area contributed by atoms with Crippen molar-refractivity contribution in [2.24, 2.45) is 17.8 Å². The van der Waals surface area contributed by atoms with Crippen LogP contribution < -0.4 is 10.2 Å². The zero-order chi connectivity index (χ0) is 34.5. The number of nitriles is 1. The fraction of sp³-hybridized carbons (Fsp3) is 0.605. The van der Waals surface area contributed by atoms with Crippen molar-refractivity contribution < 1.29 is 23.5 Å². The topological polar surface area (TPSA) is 101 Å². The van der Waals surface area contributed by atoms with E-state index in [0.29, 0.717) is 36.2 Å². The molecular formula is C38H51FN6O4. The lowest BCUT2D eigenvalue weighted by Gasteiger charge is -2.53. The van der Waals surface area contributed by atoms with E-state index in [0.717, 1.165) is 95.7 Å². The van der Waals surface area contributed by atoms with Crippen molar-refractivity contribution >= 4 is 17.7 Å². The Morgan fingerprint density at radius 3 is 2.47 bits per heavy atom. The minimum absolute atomic E-state index is 0.0356. The molecule has 1 saturated carbocycles. The number of morpholine rings is 1. The Kier molecular flexibility index (Phi) is 11.1. The average Bonchev–Trinajstić information content (AvgIpc) is 3.56. The maximum atomic E-state index is 15.1. The van der Waals surface area contributed by atoms with Crippen LogP contribution in [0.1, 0.15) is 53.6 Å². The summed E-state index contributed by atoms with van der Waals surface area (Å²) in [5.41, 5.74) is 2.54. The van der Waals surface area contributed by atoms with Crippen LogP contribution in [0.15, 0.2) is 42.5 Å². The Morgan fingerprint density at radius 1 is 1.04 bits per heavy atom. The third-order valence-electron chi connectivity index (χ3n) is 11.5. The first-order valence-electron chi connectivity index (χ1n) is 17.9. The van der Waals surface area contributed by atoms with Gasteiger partial charge in [0.2, 0.25) is 0 Å². The Morgan fingerprint density at radius 2 is 1.80 bits per heavy atom. The second kappa shape index (κ2) is 15.4. The first-order chi connectivity index (χ1) is 23.7. The van der Waals surface area contributed by atoms with Gasteiger partial charge in [0.25, 0.3) is 5.91 Å². The SMILES string of the molecule is COC(=O)N[C@H]1CCC[C@@H]1[C@](CN1CCOCC1)(c1cccc(F)c1)C1CCN(CC2CN(c3ccc(C#N)c(C(=O)N(C)C)c3)C2)CC1. The molecule has 0 unspecified atom stereocenters. The van der Waals surface area contributed by atoms with Gasteiger partial charge in [-0.1, -0.05) is 18.6 Å². The zero-order valence-corrected chi connectivity index (χ0v) is 29.2. The van der Waals surface area contributed by atoms with Crippen molar-refractivity contribution in [3.8, 4) is 6.07 Å². The van der Waals surface area contributed by atoms with E-state index >= 15 is 4.39 Å². The molecule has 3 aliphatic heterocycles. The molecule has 3 heterocycles. The van der Waals surface area contributed by atoms with Crippen LogP contribution in [0.5, 0.6) is 0 Å². The molecular weight excluding hydrogens is 623 g/mol. The van der Waals surface area contributed by atoms with Gasteiger partial charge in [-0.15, -0.1) is 0 Å². The summed E-state index contributed by atoms with van der Waals surface area (Å²) in [5, 5.41) is 12.7. The van der Waals surface area contributed by atoms with Crippen LogP contribution in [0.3, 0.4) is 0 Å². The van der Waals surface area contributed by atoms with E-state index in [2.05, 4.69) is 32.2 Å². The van der Waals surface area contributed by atoms with Crippen LogP contribution in [-0.2, 0) is 14.9 Å². The molecule has 2 amide bonds. The van der Waals surface area contributed by atoms with Crippen molar-refractivity contribution in [1.29, 1.82) is 5.26 Å². The molecule has 0 bridgehead atoms. The third-order valence-corrected chi connectivity index (χ3v) is 11.5. The molecule has 2 aromatic carbocycles. The zero-order valence-electron chi connectivity index (χ0n) is 29.2. The van der Waals surface area contributed by atoms with Gasteiger partial charge in [-0.05, 0) is 86.5 Å². The molecule has 1 aliphatic carbocycles. The average molecular weight is 675 g/mol. The van der Waals surface area contributed by atoms with Gasteiger partial charge >= 0.3 is 6.09 Å². The highest BCUT2D eigenvalue weighted by Gasteiger charge is 2.53. The number of piperidine rings is 1. The smallest absolute Gasteiger partial charge is 0.407 e. The molecule has 4 aliphatic rings. The lowest BCUT2D eigenvalue weighted by molar-refractivity contribution is -0.00681. The Balaban J connectivity index is 1.17. The highest BCUT2D eigenvalue weighted by molar-refractivity contribution is 5.97. The summed E-state index contributed by atoms with van der Waals surface area (Å²) in [6.07, 6.45) is 4.49. The first kappa shape index (κ1) is 35.1. The number of amides is 2. The van der Waals surface area contributed by atoms with Gasteiger partial charge < -0.3 is 29.5 Å². The number of nitrogens with one attached hydrogen (secondary N) is 1. The summed E-state index contributed by atoms with van der Waals surface area (Å²) in [6, 6.07) is 14.9. The molecule has 6 rings (SSSR count).